The van der Waals surface area contributed by atoms with E-state index in [1.165, 1.54) is 18.2 Å². The van der Waals surface area contributed by atoms with Crippen LogP contribution in [0.3, 0.4) is 0 Å². The lowest BCUT2D eigenvalue weighted by Gasteiger charge is -2.63. The molecule has 9 heteroatoms. The van der Waals surface area contributed by atoms with Crippen molar-refractivity contribution in [2.45, 2.75) is 64.5 Å². The number of carbonyl (C=O) groups is 2. The maximum Gasteiger partial charge on any atom is 0.229 e. The SMILES string of the molecule is C[C@@H]1C[C@H]2[C@@H]3C[C@H](F)C4=CC(=O)C=C[C@]4(C)[C@@]3(F)[C@@H](O)C[C@]2(C)[C@@]1(CN(C)Cc1cccc(Cl)c1)C(=O)NCC#N. The largest absolute Gasteiger partial charge is 0.390 e. The number of hydrogen-bond donors (Lipinski definition) is 2. The van der Waals surface area contributed by atoms with Crippen LogP contribution in [0.5, 0.6) is 0 Å². The average Bonchev–Trinajstić information content (AvgIpc) is 3.12. The summed E-state index contributed by atoms with van der Waals surface area (Å²) in [4.78, 5) is 28.3. The number of ketones is 1. The molecule has 0 aromatic heterocycles. The molecule has 0 radical (unpaired) electrons. The molecule has 1 aromatic carbocycles. The van der Waals surface area contributed by atoms with E-state index < -0.39 is 46.0 Å². The first kappa shape index (κ1) is 29.9. The number of nitrogens with one attached hydrogen (secondary N) is 1. The summed E-state index contributed by atoms with van der Waals surface area (Å²) in [6, 6.07) is 9.45. The maximum absolute atomic E-state index is 17.6. The van der Waals surface area contributed by atoms with Crippen LogP contribution in [0.25, 0.3) is 0 Å². The topological polar surface area (TPSA) is 93.4 Å². The molecule has 0 spiro atoms. The van der Waals surface area contributed by atoms with Crippen molar-refractivity contribution in [2.75, 3.05) is 20.1 Å². The van der Waals surface area contributed by atoms with Crippen LogP contribution < -0.4 is 5.32 Å². The van der Waals surface area contributed by atoms with Gasteiger partial charge in [-0.2, -0.15) is 5.26 Å². The summed E-state index contributed by atoms with van der Waals surface area (Å²) >= 11 is 6.21. The van der Waals surface area contributed by atoms with E-state index >= 15 is 8.78 Å². The number of carbonyl (C=O) groups excluding carboxylic acids is 2. The number of alkyl halides is 2. The molecule has 0 saturated heterocycles. The second-order valence-corrected chi connectivity index (χ2v) is 13.5. The molecule has 3 fully saturated rings. The molecule has 9 atom stereocenters. The van der Waals surface area contributed by atoms with Gasteiger partial charge >= 0.3 is 0 Å². The standard InChI is InChI=1S/C32H38ClF2N3O3/c1-19-12-23-24-15-26(34)25-14-22(39)8-9-29(25,2)32(24,35)27(40)16-30(23,3)31(19,28(41)37-11-10-36)18-38(4)17-20-6-5-7-21(33)13-20/h5-9,13-14,19,23-24,26-27,40H,11-12,15-18H2,1-4H3,(H,37,41)/t19-,23+,24+,26+,27+,29+,30+,31-,32+/m1/s1. The zero-order valence-electron chi connectivity index (χ0n) is 24.0. The number of allylic oxidation sites excluding steroid dienone is 4. The fourth-order valence-electron chi connectivity index (χ4n) is 9.24. The highest BCUT2D eigenvalue weighted by atomic mass is 35.5. The number of benzene rings is 1. The summed E-state index contributed by atoms with van der Waals surface area (Å²) in [5.74, 6) is -2.24. The lowest BCUT2D eigenvalue weighted by Crippen LogP contribution is -2.70. The van der Waals surface area contributed by atoms with E-state index in [0.717, 1.165) is 5.56 Å². The van der Waals surface area contributed by atoms with E-state index in [0.29, 0.717) is 24.5 Å². The number of rotatable bonds is 6. The Morgan fingerprint density at radius 1 is 1.29 bits per heavy atom. The number of aliphatic hydroxyl groups excluding tert-OH is 1. The predicted molar refractivity (Wildman–Crippen MR) is 152 cm³/mol. The monoisotopic (exact) mass is 585 g/mol. The second kappa shape index (κ2) is 10.3. The molecule has 0 heterocycles. The molecule has 41 heavy (non-hydrogen) atoms. The van der Waals surface area contributed by atoms with Crippen molar-refractivity contribution in [1.82, 2.24) is 10.2 Å². The van der Waals surface area contributed by atoms with Crippen LogP contribution in [-0.4, -0.2) is 59.8 Å². The highest BCUT2D eigenvalue weighted by Gasteiger charge is 2.76. The minimum atomic E-state index is -2.21. The van der Waals surface area contributed by atoms with Gasteiger partial charge in [0.1, 0.15) is 12.7 Å². The third-order valence-electron chi connectivity index (χ3n) is 11.1. The molecular formula is C32H38ClF2N3O3. The number of amides is 1. The van der Waals surface area contributed by atoms with E-state index in [1.807, 2.05) is 50.1 Å². The summed E-state index contributed by atoms with van der Waals surface area (Å²) in [7, 11) is 1.91. The summed E-state index contributed by atoms with van der Waals surface area (Å²) < 4.78 is 33.5. The van der Waals surface area contributed by atoms with Crippen LogP contribution in [-0.2, 0) is 16.1 Å². The van der Waals surface area contributed by atoms with E-state index in [1.54, 1.807) is 13.0 Å². The zero-order chi connectivity index (χ0) is 30.0. The molecule has 0 aliphatic heterocycles. The van der Waals surface area contributed by atoms with Crippen molar-refractivity contribution in [3.05, 3.63) is 58.7 Å². The van der Waals surface area contributed by atoms with Gasteiger partial charge in [-0.05, 0) is 85.9 Å². The molecule has 1 amide bonds. The molecule has 6 nitrogen and oxygen atoms in total. The molecular weight excluding hydrogens is 548 g/mol. The number of nitriles is 1. The number of nitrogens with zero attached hydrogens (tertiary/aromatic N) is 2. The van der Waals surface area contributed by atoms with Crippen LogP contribution in [0, 0.1) is 45.3 Å². The molecule has 0 unspecified atom stereocenters. The average molecular weight is 586 g/mol. The van der Waals surface area contributed by atoms with Crippen LogP contribution in [0.2, 0.25) is 5.02 Å². The molecule has 0 bridgehead atoms. The Morgan fingerprint density at radius 2 is 2.02 bits per heavy atom. The first-order valence-electron chi connectivity index (χ1n) is 14.3. The van der Waals surface area contributed by atoms with Gasteiger partial charge in [0.05, 0.1) is 17.6 Å². The van der Waals surface area contributed by atoms with E-state index in [4.69, 9.17) is 11.6 Å². The van der Waals surface area contributed by atoms with Gasteiger partial charge in [-0.1, -0.05) is 43.7 Å². The van der Waals surface area contributed by atoms with Crippen molar-refractivity contribution < 1.29 is 23.5 Å². The zero-order valence-corrected chi connectivity index (χ0v) is 24.7. The highest BCUT2D eigenvalue weighted by molar-refractivity contribution is 6.30. The number of aliphatic hydroxyl groups is 1. The summed E-state index contributed by atoms with van der Waals surface area (Å²) in [5, 5.41) is 24.4. The lowest BCUT2D eigenvalue weighted by atomic mass is 9.43. The number of fused-ring (bicyclic) bond motifs is 5. The van der Waals surface area contributed by atoms with Crippen molar-refractivity contribution in [3.8, 4) is 6.07 Å². The van der Waals surface area contributed by atoms with Gasteiger partial charge in [-0.25, -0.2) is 8.78 Å². The molecule has 3 saturated carbocycles. The molecule has 220 valence electrons. The third-order valence-corrected chi connectivity index (χ3v) is 11.3. The minimum Gasteiger partial charge on any atom is -0.390 e. The number of halogens is 3. The maximum atomic E-state index is 17.6. The van der Waals surface area contributed by atoms with Gasteiger partial charge in [0.25, 0.3) is 0 Å². The Labute approximate surface area is 245 Å². The van der Waals surface area contributed by atoms with Crippen LogP contribution in [0.4, 0.5) is 8.78 Å². The van der Waals surface area contributed by atoms with Crippen LogP contribution in [0.1, 0.15) is 45.6 Å². The first-order valence-corrected chi connectivity index (χ1v) is 14.7. The fraction of sp³-hybridized carbons (Fsp3) is 0.594. The highest BCUT2D eigenvalue weighted by Crippen LogP contribution is 2.73. The summed E-state index contributed by atoms with van der Waals surface area (Å²) in [6.45, 7) is 6.10. The third kappa shape index (κ3) is 4.22. The predicted octanol–water partition coefficient (Wildman–Crippen LogP) is 4.96. The Kier molecular flexibility index (Phi) is 7.50. The van der Waals surface area contributed by atoms with Crippen molar-refractivity contribution in [3.63, 3.8) is 0 Å². The Bertz CT molecular complexity index is 1360. The Balaban J connectivity index is 1.58. The van der Waals surface area contributed by atoms with Gasteiger partial charge < -0.3 is 15.3 Å². The van der Waals surface area contributed by atoms with Gasteiger partial charge in [-0.15, -0.1) is 0 Å². The van der Waals surface area contributed by atoms with Gasteiger partial charge in [0.2, 0.25) is 5.91 Å². The lowest BCUT2D eigenvalue weighted by molar-refractivity contribution is -0.213. The molecule has 1 aromatic rings. The minimum absolute atomic E-state index is 0.0123. The quantitative estimate of drug-likeness (QED) is 0.460. The van der Waals surface area contributed by atoms with Gasteiger partial charge in [0, 0.05) is 29.4 Å². The van der Waals surface area contributed by atoms with Crippen LogP contribution in [0.15, 0.2) is 48.1 Å². The molecule has 4 aliphatic carbocycles. The second-order valence-electron chi connectivity index (χ2n) is 13.1. The van der Waals surface area contributed by atoms with E-state index in [-0.39, 0.29) is 42.6 Å². The summed E-state index contributed by atoms with van der Waals surface area (Å²) in [5.41, 5.74) is -4.65. The summed E-state index contributed by atoms with van der Waals surface area (Å²) in [6.07, 6.45) is 1.12. The Morgan fingerprint density at radius 3 is 2.71 bits per heavy atom. The van der Waals surface area contributed by atoms with Crippen molar-refractivity contribution in [2.24, 2.45) is 34.0 Å². The molecule has 5 rings (SSSR count). The van der Waals surface area contributed by atoms with E-state index in [2.05, 4.69) is 5.32 Å². The smallest absolute Gasteiger partial charge is 0.229 e. The van der Waals surface area contributed by atoms with Crippen LogP contribution >= 0.6 is 11.6 Å². The van der Waals surface area contributed by atoms with Gasteiger partial charge in [-0.3, -0.25) is 9.59 Å². The normalized spacial score (nSPS) is 41.2. The van der Waals surface area contributed by atoms with Crippen molar-refractivity contribution in [1.29, 1.82) is 5.26 Å². The van der Waals surface area contributed by atoms with E-state index in [9.17, 15) is 20.0 Å². The fourth-order valence-corrected chi connectivity index (χ4v) is 9.46. The van der Waals surface area contributed by atoms with Gasteiger partial charge in [0.15, 0.2) is 11.5 Å². The molecule has 2 N–H and O–H groups in total. The number of hydrogen-bond acceptors (Lipinski definition) is 5. The molecule has 4 aliphatic rings. The first-order chi connectivity index (χ1) is 19.2. The van der Waals surface area contributed by atoms with Crippen molar-refractivity contribution >= 4 is 23.3 Å². The Hall–Kier alpha value is -2.60.